The Kier molecular flexibility index (Phi) is 15.0. The minimum atomic E-state index is -0.0380. The first kappa shape index (κ1) is 22.7. The number of hydrogen-bond donors (Lipinski definition) is 0. The summed E-state index contributed by atoms with van der Waals surface area (Å²) in [4.78, 5) is 11.7. The Balaban J connectivity index is 1.79. The van der Waals surface area contributed by atoms with Gasteiger partial charge in [-0.3, -0.25) is 4.79 Å². The summed E-state index contributed by atoms with van der Waals surface area (Å²) in [6.07, 6.45) is 18.3. The fourth-order valence-electron chi connectivity index (χ4n) is 3.28. The number of rotatable bonds is 17. The topological polar surface area (TPSA) is 26.3 Å². The van der Waals surface area contributed by atoms with E-state index in [2.05, 4.69) is 19.1 Å². The molecule has 0 aliphatic heterocycles. The van der Waals surface area contributed by atoms with Gasteiger partial charge in [0.15, 0.2) is 0 Å². The van der Waals surface area contributed by atoms with Crippen LogP contribution in [0.2, 0.25) is 0 Å². The van der Waals surface area contributed by atoms with Crippen molar-refractivity contribution in [1.29, 1.82) is 0 Å². The normalized spacial score (nSPS) is 10.8. The zero-order valence-electron chi connectivity index (χ0n) is 17.0. The van der Waals surface area contributed by atoms with Crippen molar-refractivity contribution in [2.24, 2.45) is 0 Å². The molecule has 148 valence electrons. The minimum absolute atomic E-state index is 0.0380. The molecule has 0 bridgehead atoms. The van der Waals surface area contributed by atoms with Crippen LogP contribution in [-0.2, 0) is 16.0 Å². The molecule has 0 spiro atoms. The van der Waals surface area contributed by atoms with Crippen molar-refractivity contribution in [1.82, 2.24) is 0 Å². The van der Waals surface area contributed by atoms with Crippen LogP contribution >= 0.6 is 0 Å². The maximum atomic E-state index is 11.7. The lowest BCUT2D eigenvalue weighted by atomic mass is 10.1. The van der Waals surface area contributed by atoms with Gasteiger partial charge in [0.05, 0.1) is 6.61 Å². The van der Waals surface area contributed by atoms with Crippen LogP contribution in [0.1, 0.15) is 102 Å². The molecule has 0 atom stereocenters. The fraction of sp³-hybridized carbons (Fsp3) is 0.708. The van der Waals surface area contributed by atoms with Gasteiger partial charge in [-0.25, -0.2) is 0 Å². The monoisotopic (exact) mass is 360 g/mol. The van der Waals surface area contributed by atoms with E-state index in [1.54, 1.807) is 0 Å². The van der Waals surface area contributed by atoms with E-state index in [4.69, 9.17) is 4.74 Å². The smallest absolute Gasteiger partial charge is 0.305 e. The van der Waals surface area contributed by atoms with Gasteiger partial charge in [0.1, 0.15) is 0 Å². The van der Waals surface area contributed by atoms with Gasteiger partial charge in [-0.15, -0.1) is 0 Å². The number of carbonyl (C=O) groups excluding carboxylic acids is 1. The lowest BCUT2D eigenvalue weighted by Gasteiger charge is -2.05. The van der Waals surface area contributed by atoms with Crippen molar-refractivity contribution in [3.05, 3.63) is 35.9 Å². The molecular weight excluding hydrogens is 320 g/mol. The molecule has 0 radical (unpaired) electrons. The van der Waals surface area contributed by atoms with Gasteiger partial charge in [0.25, 0.3) is 0 Å². The first-order chi connectivity index (χ1) is 12.8. The molecule has 0 saturated carbocycles. The van der Waals surface area contributed by atoms with Gasteiger partial charge < -0.3 is 4.74 Å². The molecule has 0 N–H and O–H groups in total. The van der Waals surface area contributed by atoms with E-state index in [1.807, 2.05) is 18.2 Å². The van der Waals surface area contributed by atoms with Crippen LogP contribution in [0.3, 0.4) is 0 Å². The summed E-state index contributed by atoms with van der Waals surface area (Å²) >= 11 is 0. The molecule has 2 nitrogen and oxygen atoms in total. The van der Waals surface area contributed by atoms with E-state index in [1.165, 1.54) is 76.2 Å². The molecule has 26 heavy (non-hydrogen) atoms. The van der Waals surface area contributed by atoms with Crippen molar-refractivity contribution < 1.29 is 9.53 Å². The number of unbranched alkanes of at least 4 members (excludes halogenated alkanes) is 11. The summed E-state index contributed by atoms with van der Waals surface area (Å²) in [5.41, 5.74) is 1.29. The highest BCUT2D eigenvalue weighted by molar-refractivity contribution is 5.69. The molecule has 0 unspecified atom stereocenters. The Hall–Kier alpha value is -1.31. The molecule has 1 rings (SSSR count). The Morgan fingerprint density at radius 3 is 1.85 bits per heavy atom. The van der Waals surface area contributed by atoms with E-state index in [0.29, 0.717) is 13.0 Å². The lowest BCUT2D eigenvalue weighted by Crippen LogP contribution is -2.06. The lowest BCUT2D eigenvalue weighted by molar-refractivity contribution is -0.143. The quantitative estimate of drug-likeness (QED) is 0.216. The second-order valence-corrected chi connectivity index (χ2v) is 7.45. The Morgan fingerprint density at radius 1 is 0.731 bits per heavy atom. The van der Waals surface area contributed by atoms with Crippen LogP contribution in [0.15, 0.2) is 30.3 Å². The molecule has 0 amide bonds. The Bertz CT molecular complexity index is 427. The third kappa shape index (κ3) is 13.9. The Morgan fingerprint density at radius 2 is 1.27 bits per heavy atom. The van der Waals surface area contributed by atoms with Crippen molar-refractivity contribution in [3.63, 3.8) is 0 Å². The van der Waals surface area contributed by atoms with E-state index in [-0.39, 0.29) is 5.97 Å². The summed E-state index contributed by atoms with van der Waals surface area (Å²) in [6, 6.07) is 10.3. The summed E-state index contributed by atoms with van der Waals surface area (Å²) in [5, 5.41) is 0. The van der Waals surface area contributed by atoms with Gasteiger partial charge in [0.2, 0.25) is 0 Å². The van der Waals surface area contributed by atoms with Gasteiger partial charge in [-0.05, 0) is 24.8 Å². The third-order valence-corrected chi connectivity index (χ3v) is 4.95. The van der Waals surface area contributed by atoms with Crippen molar-refractivity contribution in [2.75, 3.05) is 6.61 Å². The van der Waals surface area contributed by atoms with Crippen LogP contribution in [0.5, 0.6) is 0 Å². The molecule has 1 aromatic rings. The molecule has 0 aliphatic carbocycles. The van der Waals surface area contributed by atoms with Gasteiger partial charge in [-0.1, -0.05) is 108 Å². The fourth-order valence-corrected chi connectivity index (χ4v) is 3.28. The largest absolute Gasteiger partial charge is 0.466 e. The minimum Gasteiger partial charge on any atom is -0.466 e. The second kappa shape index (κ2) is 17.1. The van der Waals surface area contributed by atoms with Gasteiger partial charge in [0, 0.05) is 6.42 Å². The summed E-state index contributed by atoms with van der Waals surface area (Å²) < 4.78 is 5.33. The number of carbonyl (C=O) groups is 1. The number of hydrogen-bond acceptors (Lipinski definition) is 2. The molecular formula is C24H40O2. The highest BCUT2D eigenvalue weighted by Gasteiger charge is 2.03. The van der Waals surface area contributed by atoms with Crippen LogP contribution < -0.4 is 0 Å². The van der Waals surface area contributed by atoms with Crippen molar-refractivity contribution >= 4 is 5.97 Å². The Labute approximate surface area is 161 Å². The van der Waals surface area contributed by atoms with Crippen LogP contribution in [0.25, 0.3) is 0 Å². The first-order valence-corrected chi connectivity index (χ1v) is 11.0. The number of ether oxygens (including phenoxy) is 1. The predicted octanol–water partition coefficient (Wildman–Crippen LogP) is 7.25. The van der Waals surface area contributed by atoms with Crippen LogP contribution in [0.4, 0.5) is 0 Å². The molecule has 1 aromatic carbocycles. The van der Waals surface area contributed by atoms with Crippen LogP contribution in [0, 0.1) is 0 Å². The molecule has 0 heterocycles. The molecule has 0 saturated heterocycles. The number of benzene rings is 1. The molecule has 2 heteroatoms. The standard InChI is InChI=1S/C24H40O2/c1-2-3-4-5-6-7-8-9-10-11-12-16-22-26-24(25)21-17-20-23-18-14-13-15-19-23/h13-15,18-19H,2-12,16-17,20-22H2,1H3. The highest BCUT2D eigenvalue weighted by Crippen LogP contribution is 2.12. The van der Waals surface area contributed by atoms with Crippen molar-refractivity contribution in [2.45, 2.75) is 103 Å². The van der Waals surface area contributed by atoms with Crippen molar-refractivity contribution in [3.8, 4) is 0 Å². The van der Waals surface area contributed by atoms with E-state index < -0.39 is 0 Å². The second-order valence-electron chi connectivity index (χ2n) is 7.45. The van der Waals surface area contributed by atoms with Gasteiger partial charge >= 0.3 is 5.97 Å². The van der Waals surface area contributed by atoms with Crippen LogP contribution in [-0.4, -0.2) is 12.6 Å². The molecule has 0 fully saturated rings. The average molecular weight is 361 g/mol. The zero-order valence-corrected chi connectivity index (χ0v) is 17.0. The first-order valence-electron chi connectivity index (χ1n) is 11.0. The maximum absolute atomic E-state index is 11.7. The predicted molar refractivity (Wildman–Crippen MR) is 111 cm³/mol. The van der Waals surface area contributed by atoms with E-state index >= 15 is 0 Å². The molecule has 0 aliphatic rings. The summed E-state index contributed by atoms with van der Waals surface area (Å²) in [6.45, 7) is 2.87. The third-order valence-electron chi connectivity index (χ3n) is 4.95. The molecule has 0 aromatic heterocycles. The highest BCUT2D eigenvalue weighted by atomic mass is 16.5. The number of esters is 1. The number of aryl methyl sites for hydroxylation is 1. The van der Waals surface area contributed by atoms with Gasteiger partial charge in [-0.2, -0.15) is 0 Å². The summed E-state index contributed by atoms with van der Waals surface area (Å²) in [7, 11) is 0. The van der Waals surface area contributed by atoms with E-state index in [9.17, 15) is 4.79 Å². The zero-order chi connectivity index (χ0) is 18.7. The SMILES string of the molecule is CCCCCCCCCCCCCCOC(=O)CCCc1ccccc1. The van der Waals surface area contributed by atoms with E-state index in [0.717, 1.165) is 19.3 Å². The summed E-state index contributed by atoms with van der Waals surface area (Å²) in [5.74, 6) is -0.0380. The maximum Gasteiger partial charge on any atom is 0.305 e. The average Bonchev–Trinajstić information content (AvgIpc) is 2.66.